The number of hydrogen-bond donors (Lipinski definition) is 1. The van der Waals surface area contributed by atoms with Crippen LogP contribution in [0.2, 0.25) is 0 Å². The zero-order valence-corrected chi connectivity index (χ0v) is 17.4. The van der Waals surface area contributed by atoms with E-state index in [2.05, 4.69) is 10.4 Å². The number of amides is 1. The lowest BCUT2D eigenvalue weighted by molar-refractivity contribution is -0.121. The molecule has 156 valence electrons. The number of rotatable bonds is 8. The van der Waals surface area contributed by atoms with Crippen molar-refractivity contribution in [3.8, 4) is 5.69 Å². The first-order valence-electron chi connectivity index (χ1n) is 9.92. The first-order chi connectivity index (χ1) is 14.5. The van der Waals surface area contributed by atoms with Crippen molar-refractivity contribution in [3.05, 3.63) is 78.1 Å². The van der Waals surface area contributed by atoms with E-state index in [0.717, 1.165) is 17.8 Å². The van der Waals surface area contributed by atoms with E-state index in [0.29, 0.717) is 12.3 Å². The summed E-state index contributed by atoms with van der Waals surface area (Å²) < 4.78 is 6.56. The molecule has 0 saturated carbocycles. The van der Waals surface area contributed by atoms with Crippen molar-refractivity contribution in [1.29, 1.82) is 0 Å². The molecular weight excluding hydrogens is 380 g/mol. The number of likely N-dealkylation sites (N-methyl/N-ethyl adjacent to an activating group) is 1. The quantitative estimate of drug-likeness (QED) is 0.578. The van der Waals surface area contributed by atoms with Gasteiger partial charge in [-0.3, -0.25) is 9.69 Å². The van der Waals surface area contributed by atoms with Crippen molar-refractivity contribution in [2.45, 2.75) is 19.9 Å². The van der Waals surface area contributed by atoms with Gasteiger partial charge in [-0.05, 0) is 50.3 Å². The van der Waals surface area contributed by atoms with E-state index in [9.17, 15) is 9.59 Å². The molecule has 7 heteroatoms. The Bertz CT molecular complexity index is 1000. The van der Waals surface area contributed by atoms with Gasteiger partial charge in [0.25, 0.3) is 0 Å². The molecule has 1 heterocycles. The summed E-state index contributed by atoms with van der Waals surface area (Å²) in [5.74, 6) is -0.579. The van der Waals surface area contributed by atoms with Gasteiger partial charge in [-0.25, -0.2) is 9.48 Å². The molecule has 0 spiro atoms. The minimum atomic E-state index is -0.464. The smallest absolute Gasteiger partial charge is 0.358 e. The zero-order valence-electron chi connectivity index (χ0n) is 17.4. The molecule has 30 heavy (non-hydrogen) atoms. The molecule has 0 radical (unpaired) electrons. The Morgan fingerprint density at radius 2 is 1.87 bits per heavy atom. The maximum absolute atomic E-state index is 13.1. The first-order valence-corrected chi connectivity index (χ1v) is 9.92. The van der Waals surface area contributed by atoms with Crippen molar-refractivity contribution in [3.63, 3.8) is 0 Å². The van der Waals surface area contributed by atoms with Crippen LogP contribution in [0.3, 0.4) is 0 Å². The molecular formula is C23H26N4O3. The number of aromatic nitrogens is 2. The number of ether oxygens (including phenoxy) is 1. The molecule has 0 aliphatic carbocycles. The molecule has 0 aliphatic rings. The summed E-state index contributed by atoms with van der Waals surface area (Å²) in [6.45, 7) is 4.79. The molecule has 3 rings (SSSR count). The second-order valence-corrected chi connectivity index (χ2v) is 6.79. The molecule has 3 aromatic rings. The van der Waals surface area contributed by atoms with Crippen LogP contribution >= 0.6 is 0 Å². The van der Waals surface area contributed by atoms with Gasteiger partial charge in [0.2, 0.25) is 5.91 Å². The third kappa shape index (κ3) is 4.93. The van der Waals surface area contributed by atoms with E-state index in [1.807, 2.05) is 73.5 Å². The number of carbonyl (C=O) groups is 2. The zero-order chi connectivity index (χ0) is 21.5. The fraction of sp³-hybridized carbons (Fsp3) is 0.261. The van der Waals surface area contributed by atoms with Crippen LogP contribution in [0.25, 0.3) is 5.69 Å². The summed E-state index contributed by atoms with van der Waals surface area (Å²) in [4.78, 5) is 26.9. The van der Waals surface area contributed by atoms with Gasteiger partial charge < -0.3 is 10.1 Å². The van der Waals surface area contributed by atoms with Crippen LogP contribution < -0.4 is 5.32 Å². The van der Waals surface area contributed by atoms with Crippen LogP contribution in [-0.4, -0.2) is 46.8 Å². The van der Waals surface area contributed by atoms with Crippen LogP contribution in [0.15, 0.2) is 66.9 Å². The highest BCUT2D eigenvalue weighted by molar-refractivity contribution is 5.95. The molecule has 0 bridgehead atoms. The van der Waals surface area contributed by atoms with Gasteiger partial charge in [0.1, 0.15) is 6.04 Å². The van der Waals surface area contributed by atoms with Crippen molar-refractivity contribution in [2.75, 3.05) is 25.5 Å². The third-order valence-corrected chi connectivity index (χ3v) is 4.76. The van der Waals surface area contributed by atoms with Crippen LogP contribution in [0.1, 0.15) is 35.9 Å². The monoisotopic (exact) mass is 406 g/mol. The Balaban J connectivity index is 1.80. The molecule has 1 N–H and O–H groups in total. The van der Waals surface area contributed by atoms with Gasteiger partial charge in [-0.1, -0.05) is 43.3 Å². The van der Waals surface area contributed by atoms with Gasteiger partial charge >= 0.3 is 5.97 Å². The van der Waals surface area contributed by atoms with Crippen LogP contribution in [0.5, 0.6) is 0 Å². The molecule has 0 fully saturated rings. The van der Waals surface area contributed by atoms with E-state index in [4.69, 9.17) is 4.74 Å². The van der Waals surface area contributed by atoms with E-state index >= 15 is 0 Å². The van der Waals surface area contributed by atoms with E-state index in [1.54, 1.807) is 23.9 Å². The molecule has 0 aliphatic heterocycles. The lowest BCUT2D eigenvalue weighted by Gasteiger charge is -2.26. The average Bonchev–Trinajstić information content (AvgIpc) is 3.25. The number of nitrogens with one attached hydrogen (secondary N) is 1. The minimum absolute atomic E-state index is 0.115. The van der Waals surface area contributed by atoms with Crippen molar-refractivity contribution in [2.24, 2.45) is 0 Å². The molecule has 1 amide bonds. The largest absolute Gasteiger partial charge is 0.461 e. The molecule has 2 aromatic carbocycles. The van der Waals surface area contributed by atoms with E-state index in [-0.39, 0.29) is 11.6 Å². The highest BCUT2D eigenvalue weighted by atomic mass is 16.5. The van der Waals surface area contributed by atoms with E-state index in [1.165, 1.54) is 0 Å². The molecule has 0 saturated heterocycles. The Morgan fingerprint density at radius 3 is 2.57 bits per heavy atom. The van der Waals surface area contributed by atoms with Gasteiger partial charge in [-0.15, -0.1) is 0 Å². The molecule has 1 aromatic heterocycles. The number of benzene rings is 2. The number of carbonyl (C=O) groups excluding carboxylic acids is 2. The van der Waals surface area contributed by atoms with Crippen molar-refractivity contribution >= 4 is 17.6 Å². The van der Waals surface area contributed by atoms with Crippen LogP contribution in [0, 0.1) is 0 Å². The molecule has 1 atom stereocenters. The number of nitrogens with zero attached hydrogens (tertiary/aromatic N) is 3. The lowest BCUT2D eigenvalue weighted by atomic mass is 10.0. The Labute approximate surface area is 176 Å². The maximum Gasteiger partial charge on any atom is 0.358 e. The highest BCUT2D eigenvalue weighted by Crippen LogP contribution is 2.22. The average molecular weight is 406 g/mol. The van der Waals surface area contributed by atoms with Crippen molar-refractivity contribution < 1.29 is 14.3 Å². The summed E-state index contributed by atoms with van der Waals surface area (Å²) in [5, 5.41) is 7.27. The fourth-order valence-corrected chi connectivity index (χ4v) is 3.14. The maximum atomic E-state index is 13.1. The van der Waals surface area contributed by atoms with Gasteiger partial charge in [0, 0.05) is 11.9 Å². The lowest BCUT2D eigenvalue weighted by Crippen LogP contribution is -2.34. The summed E-state index contributed by atoms with van der Waals surface area (Å²) >= 11 is 0. The Morgan fingerprint density at radius 1 is 1.10 bits per heavy atom. The summed E-state index contributed by atoms with van der Waals surface area (Å²) in [7, 11) is 1.92. The highest BCUT2D eigenvalue weighted by Gasteiger charge is 2.24. The Hall–Kier alpha value is -3.45. The predicted molar refractivity (Wildman–Crippen MR) is 116 cm³/mol. The standard InChI is InChI=1S/C23H26N4O3/c1-4-26(3)21(17-10-7-6-8-11-17)22(28)24-18-12-9-13-19(16-18)27-15-14-20(25-27)23(29)30-5-2/h6-16,21H,4-5H2,1-3H3,(H,24,28). The van der Waals surface area contributed by atoms with Crippen LogP contribution in [-0.2, 0) is 9.53 Å². The van der Waals surface area contributed by atoms with E-state index < -0.39 is 12.0 Å². The second-order valence-electron chi connectivity index (χ2n) is 6.79. The first kappa shape index (κ1) is 21.3. The van der Waals surface area contributed by atoms with Gasteiger partial charge in [0.15, 0.2) is 5.69 Å². The molecule has 1 unspecified atom stereocenters. The number of anilines is 1. The minimum Gasteiger partial charge on any atom is -0.461 e. The fourth-order valence-electron chi connectivity index (χ4n) is 3.14. The summed E-state index contributed by atoms with van der Waals surface area (Å²) in [5.41, 5.74) is 2.54. The van der Waals surface area contributed by atoms with Crippen LogP contribution in [0.4, 0.5) is 5.69 Å². The Kier molecular flexibility index (Phi) is 6.98. The predicted octanol–water partition coefficient (Wildman–Crippen LogP) is 3.68. The van der Waals surface area contributed by atoms with Crippen molar-refractivity contribution in [1.82, 2.24) is 14.7 Å². The summed E-state index contributed by atoms with van der Waals surface area (Å²) in [6, 6.07) is 18.2. The third-order valence-electron chi connectivity index (χ3n) is 4.76. The van der Waals surface area contributed by atoms with Gasteiger partial charge in [0.05, 0.1) is 12.3 Å². The topological polar surface area (TPSA) is 76.5 Å². The SMILES string of the molecule is CCOC(=O)c1ccn(-c2cccc(NC(=O)C(c3ccccc3)N(C)CC)c2)n1. The molecule has 7 nitrogen and oxygen atoms in total. The summed E-state index contributed by atoms with van der Waals surface area (Å²) in [6.07, 6.45) is 1.69. The normalized spacial score (nSPS) is 11.9. The van der Waals surface area contributed by atoms with Gasteiger partial charge in [-0.2, -0.15) is 5.10 Å². The second kappa shape index (κ2) is 9.84. The number of esters is 1. The number of hydrogen-bond acceptors (Lipinski definition) is 5.